The molecule has 3 N–H and O–H groups in total. The lowest BCUT2D eigenvalue weighted by Crippen LogP contribution is -2.44. The Morgan fingerprint density at radius 1 is 1.53 bits per heavy atom. The van der Waals surface area contributed by atoms with Crippen LogP contribution in [-0.4, -0.2) is 28.0 Å². The van der Waals surface area contributed by atoms with E-state index in [0.29, 0.717) is 5.01 Å². The first-order valence-electron chi connectivity index (χ1n) is 4.80. The van der Waals surface area contributed by atoms with E-state index < -0.39 is 23.4 Å². The van der Waals surface area contributed by atoms with Gasteiger partial charge < -0.3 is 10.4 Å². The molecule has 90 valence electrons. The lowest BCUT2D eigenvalue weighted by molar-refractivity contribution is -0.137. The van der Waals surface area contributed by atoms with Crippen molar-refractivity contribution in [2.24, 2.45) is 0 Å². The first kappa shape index (κ1) is 11.5. The van der Waals surface area contributed by atoms with Crippen molar-refractivity contribution < 1.29 is 19.5 Å². The van der Waals surface area contributed by atoms with Crippen molar-refractivity contribution in [3.05, 3.63) is 16.6 Å². The van der Waals surface area contributed by atoms with E-state index in [-0.39, 0.29) is 12.8 Å². The number of aromatic nitrogens is 1. The first-order chi connectivity index (χ1) is 8.04. The maximum atomic E-state index is 11.8. The van der Waals surface area contributed by atoms with E-state index in [1.165, 1.54) is 17.5 Å². The highest BCUT2D eigenvalue weighted by molar-refractivity contribution is 7.09. The van der Waals surface area contributed by atoms with Gasteiger partial charge in [-0.25, -0.2) is 9.78 Å². The van der Waals surface area contributed by atoms with Crippen LogP contribution in [0, 0.1) is 0 Å². The van der Waals surface area contributed by atoms with Crippen LogP contribution < -0.4 is 10.6 Å². The Kier molecular flexibility index (Phi) is 2.80. The van der Waals surface area contributed by atoms with Crippen molar-refractivity contribution in [3.8, 4) is 0 Å². The summed E-state index contributed by atoms with van der Waals surface area (Å²) in [7, 11) is 0. The van der Waals surface area contributed by atoms with Crippen LogP contribution in [0.5, 0.6) is 0 Å². The number of urea groups is 1. The van der Waals surface area contributed by atoms with E-state index in [1.54, 1.807) is 5.38 Å². The highest BCUT2D eigenvalue weighted by Gasteiger charge is 2.49. The Labute approximate surface area is 99.9 Å². The normalized spacial score (nSPS) is 23.3. The van der Waals surface area contributed by atoms with Crippen LogP contribution in [0.25, 0.3) is 0 Å². The van der Waals surface area contributed by atoms with E-state index in [2.05, 4.69) is 15.6 Å². The maximum absolute atomic E-state index is 11.8. The molecule has 1 atom stereocenters. The molecule has 1 aromatic heterocycles. The molecule has 0 bridgehead atoms. The minimum atomic E-state index is -1.34. The van der Waals surface area contributed by atoms with Crippen LogP contribution in [-0.2, 0) is 15.1 Å². The second kappa shape index (κ2) is 4.13. The molecule has 1 aliphatic heterocycles. The van der Waals surface area contributed by atoms with Crippen molar-refractivity contribution in [2.75, 3.05) is 0 Å². The summed E-state index contributed by atoms with van der Waals surface area (Å²) in [6.45, 7) is 0. The van der Waals surface area contributed by atoms with E-state index in [9.17, 15) is 14.4 Å². The number of carboxylic acids is 1. The average molecular weight is 255 g/mol. The molecule has 7 nitrogen and oxygen atoms in total. The van der Waals surface area contributed by atoms with E-state index in [4.69, 9.17) is 5.11 Å². The number of hydrogen-bond donors (Lipinski definition) is 3. The highest BCUT2D eigenvalue weighted by Crippen LogP contribution is 2.31. The predicted octanol–water partition coefficient (Wildman–Crippen LogP) is 0.0426. The minimum absolute atomic E-state index is 0.0204. The SMILES string of the molecule is O=C(O)CCC1(c2nccs2)NC(=O)NC1=O. The maximum Gasteiger partial charge on any atom is 0.322 e. The van der Waals surface area contributed by atoms with Crippen molar-refractivity contribution >= 4 is 29.2 Å². The molecule has 1 fully saturated rings. The molecule has 0 saturated carbocycles. The molecule has 2 heterocycles. The molecular formula is C9H9N3O4S. The minimum Gasteiger partial charge on any atom is -0.481 e. The number of aliphatic carboxylic acids is 1. The number of carboxylic acid groups (broad SMARTS) is 1. The molecule has 8 heteroatoms. The molecule has 0 aromatic carbocycles. The fraction of sp³-hybridized carbons (Fsp3) is 0.333. The molecule has 2 rings (SSSR count). The quantitative estimate of drug-likeness (QED) is 0.658. The Morgan fingerprint density at radius 2 is 2.29 bits per heavy atom. The number of rotatable bonds is 4. The lowest BCUT2D eigenvalue weighted by Gasteiger charge is -2.22. The van der Waals surface area contributed by atoms with Gasteiger partial charge in [0.1, 0.15) is 5.01 Å². The molecular weight excluding hydrogens is 246 g/mol. The average Bonchev–Trinajstić information content (AvgIpc) is 2.84. The summed E-state index contributed by atoms with van der Waals surface area (Å²) in [4.78, 5) is 37.6. The van der Waals surface area contributed by atoms with Gasteiger partial charge in [-0.2, -0.15) is 0 Å². The molecule has 1 aromatic rings. The fourth-order valence-electron chi connectivity index (χ4n) is 1.65. The van der Waals surface area contributed by atoms with Crippen molar-refractivity contribution in [2.45, 2.75) is 18.4 Å². The molecule has 0 aliphatic carbocycles. The monoisotopic (exact) mass is 255 g/mol. The third-order valence-electron chi connectivity index (χ3n) is 2.45. The van der Waals surface area contributed by atoms with Gasteiger partial charge in [-0.1, -0.05) is 0 Å². The standard InChI is InChI=1S/C9H9N3O4S/c13-5(14)1-2-9(7-10-3-4-17-7)6(15)11-8(16)12-9/h3-4H,1-2H2,(H,13,14)(H2,11,12,15,16). The molecule has 0 radical (unpaired) electrons. The summed E-state index contributed by atoms with van der Waals surface area (Å²) in [6.07, 6.45) is 1.25. The zero-order valence-corrected chi connectivity index (χ0v) is 9.41. The second-order valence-electron chi connectivity index (χ2n) is 3.54. The third-order valence-corrected chi connectivity index (χ3v) is 3.39. The van der Waals surface area contributed by atoms with Gasteiger partial charge >= 0.3 is 12.0 Å². The smallest absolute Gasteiger partial charge is 0.322 e. The Balaban J connectivity index is 2.33. The van der Waals surface area contributed by atoms with Crippen LogP contribution >= 0.6 is 11.3 Å². The van der Waals surface area contributed by atoms with Crippen LogP contribution in [0.4, 0.5) is 4.79 Å². The summed E-state index contributed by atoms with van der Waals surface area (Å²) in [6, 6.07) is -0.629. The van der Waals surface area contributed by atoms with Crippen molar-refractivity contribution in [1.82, 2.24) is 15.6 Å². The van der Waals surface area contributed by atoms with Crippen LogP contribution in [0.1, 0.15) is 17.8 Å². The second-order valence-corrected chi connectivity index (χ2v) is 4.44. The number of thiazole rings is 1. The number of imide groups is 1. The van der Waals surface area contributed by atoms with Gasteiger partial charge in [0.15, 0.2) is 5.54 Å². The Hall–Kier alpha value is -1.96. The topological polar surface area (TPSA) is 108 Å². The number of carbonyl (C=O) groups is 3. The van der Waals surface area contributed by atoms with Gasteiger partial charge in [-0.3, -0.25) is 14.9 Å². The zero-order chi connectivity index (χ0) is 12.5. The van der Waals surface area contributed by atoms with Gasteiger partial charge in [-0.15, -0.1) is 11.3 Å². The number of nitrogens with zero attached hydrogens (tertiary/aromatic N) is 1. The molecule has 1 unspecified atom stereocenters. The predicted molar refractivity (Wildman–Crippen MR) is 57.3 cm³/mol. The molecule has 17 heavy (non-hydrogen) atoms. The van der Waals surface area contributed by atoms with Gasteiger partial charge in [0.05, 0.1) is 0 Å². The van der Waals surface area contributed by atoms with Crippen LogP contribution in [0.2, 0.25) is 0 Å². The van der Waals surface area contributed by atoms with E-state index >= 15 is 0 Å². The summed E-state index contributed by atoms with van der Waals surface area (Å²) in [5.74, 6) is -1.59. The van der Waals surface area contributed by atoms with E-state index in [1.807, 2.05) is 0 Å². The van der Waals surface area contributed by atoms with Gasteiger partial charge in [0.25, 0.3) is 5.91 Å². The van der Waals surface area contributed by atoms with Gasteiger partial charge in [0, 0.05) is 18.0 Å². The number of nitrogens with one attached hydrogen (secondary N) is 2. The number of hydrogen-bond acceptors (Lipinski definition) is 5. The number of carbonyl (C=O) groups excluding carboxylic acids is 2. The molecule has 1 aliphatic rings. The lowest BCUT2D eigenvalue weighted by atomic mass is 9.94. The number of amides is 3. The van der Waals surface area contributed by atoms with Crippen molar-refractivity contribution in [1.29, 1.82) is 0 Å². The summed E-state index contributed by atoms with van der Waals surface area (Å²) in [5.41, 5.74) is -1.34. The Morgan fingerprint density at radius 3 is 2.76 bits per heavy atom. The summed E-state index contributed by atoms with van der Waals surface area (Å²) < 4.78 is 0. The fourth-order valence-corrected chi connectivity index (χ4v) is 2.47. The summed E-state index contributed by atoms with van der Waals surface area (Å²) in [5, 5.41) is 15.3. The first-order valence-corrected chi connectivity index (χ1v) is 5.68. The van der Waals surface area contributed by atoms with Crippen LogP contribution in [0.3, 0.4) is 0 Å². The highest BCUT2D eigenvalue weighted by atomic mass is 32.1. The van der Waals surface area contributed by atoms with Crippen LogP contribution in [0.15, 0.2) is 11.6 Å². The zero-order valence-electron chi connectivity index (χ0n) is 8.60. The molecule has 0 spiro atoms. The largest absolute Gasteiger partial charge is 0.481 e. The van der Waals surface area contributed by atoms with Gasteiger partial charge in [-0.05, 0) is 6.42 Å². The molecule has 3 amide bonds. The third kappa shape index (κ3) is 1.98. The van der Waals surface area contributed by atoms with E-state index in [0.717, 1.165) is 0 Å². The Bertz CT molecular complexity index is 473. The van der Waals surface area contributed by atoms with Gasteiger partial charge in [0.2, 0.25) is 0 Å². The molecule has 1 saturated heterocycles. The summed E-state index contributed by atoms with van der Waals surface area (Å²) >= 11 is 1.20. The van der Waals surface area contributed by atoms with Crippen molar-refractivity contribution in [3.63, 3.8) is 0 Å².